The van der Waals surface area contributed by atoms with Gasteiger partial charge in [-0.2, -0.15) is 0 Å². The number of nitrogens with zero attached hydrogens (tertiary/aromatic N) is 3. The van der Waals surface area contributed by atoms with Crippen LogP contribution in [0, 0.1) is 0 Å². The van der Waals surface area contributed by atoms with Crippen LogP contribution in [0.15, 0.2) is 53.1 Å². The Bertz CT molecular complexity index is 1030. The molecule has 0 spiro atoms. The summed E-state index contributed by atoms with van der Waals surface area (Å²) in [4.78, 5) is 17.1. The first kappa shape index (κ1) is 16.1. The molecule has 126 valence electrons. The number of fused-ring (bicyclic) bond motifs is 1. The minimum Gasteiger partial charge on any atom is -0.360 e. The van der Waals surface area contributed by atoms with Crippen LogP contribution in [-0.4, -0.2) is 30.8 Å². The van der Waals surface area contributed by atoms with E-state index < -0.39 is 0 Å². The molecule has 0 fully saturated rings. The zero-order valence-electron chi connectivity index (χ0n) is 13.8. The van der Waals surface area contributed by atoms with Gasteiger partial charge in [-0.15, -0.1) is 21.5 Å². The highest BCUT2D eigenvalue weighted by atomic mass is 32.2. The average molecular weight is 368 g/mol. The summed E-state index contributed by atoms with van der Waals surface area (Å²) in [5.74, 6) is 0.910. The van der Waals surface area contributed by atoms with Crippen molar-refractivity contribution in [1.29, 1.82) is 0 Å². The lowest BCUT2D eigenvalue weighted by Gasteiger charge is -2.09. The van der Waals surface area contributed by atoms with Crippen molar-refractivity contribution >= 4 is 39.8 Å². The van der Waals surface area contributed by atoms with Gasteiger partial charge < -0.3 is 9.55 Å². The number of Topliss-reactive ketones (excluding diaryl/α,β-unsaturated/α-hetero) is 1. The van der Waals surface area contributed by atoms with Crippen molar-refractivity contribution in [2.45, 2.75) is 17.3 Å². The normalized spacial score (nSPS) is 12.6. The van der Waals surface area contributed by atoms with Gasteiger partial charge in [-0.05, 0) is 24.4 Å². The maximum Gasteiger partial charge on any atom is 0.191 e. The molecule has 7 heteroatoms. The van der Waals surface area contributed by atoms with Gasteiger partial charge in [0.2, 0.25) is 0 Å². The molecule has 1 aromatic carbocycles. The number of benzene rings is 1. The van der Waals surface area contributed by atoms with E-state index in [1.54, 1.807) is 17.5 Å². The highest BCUT2D eigenvalue weighted by Gasteiger charge is 2.22. The zero-order valence-corrected chi connectivity index (χ0v) is 15.4. The summed E-state index contributed by atoms with van der Waals surface area (Å²) < 4.78 is 1.94. The molecule has 3 heterocycles. The van der Waals surface area contributed by atoms with E-state index in [2.05, 4.69) is 15.2 Å². The van der Waals surface area contributed by atoms with E-state index in [9.17, 15) is 4.79 Å². The number of thioether (sulfide) groups is 1. The fraction of sp³-hybridized carbons (Fsp3) is 0.167. The van der Waals surface area contributed by atoms with Crippen LogP contribution < -0.4 is 0 Å². The number of aromatic nitrogens is 4. The lowest BCUT2D eigenvalue weighted by atomic mass is 10.1. The molecular weight excluding hydrogens is 352 g/mol. The van der Waals surface area contributed by atoms with Crippen molar-refractivity contribution in [2.75, 3.05) is 0 Å². The largest absolute Gasteiger partial charge is 0.360 e. The van der Waals surface area contributed by atoms with Gasteiger partial charge in [-0.1, -0.05) is 36.0 Å². The highest BCUT2D eigenvalue weighted by molar-refractivity contribution is 8.00. The van der Waals surface area contributed by atoms with Crippen LogP contribution in [0.2, 0.25) is 0 Å². The van der Waals surface area contributed by atoms with Gasteiger partial charge in [0.15, 0.2) is 16.8 Å². The number of aromatic amines is 1. The first-order valence-corrected chi connectivity index (χ1v) is 9.61. The molecule has 25 heavy (non-hydrogen) atoms. The smallest absolute Gasteiger partial charge is 0.191 e. The third kappa shape index (κ3) is 2.89. The predicted octanol–water partition coefficient (Wildman–Crippen LogP) is 4.39. The number of carbonyl (C=O) groups excluding carboxylic acids is 1. The van der Waals surface area contributed by atoms with Crippen molar-refractivity contribution in [3.63, 3.8) is 0 Å². The Kier molecular flexibility index (Phi) is 4.19. The summed E-state index contributed by atoms with van der Waals surface area (Å²) in [7, 11) is 1.93. The molecule has 0 amide bonds. The number of H-pyrrole nitrogens is 1. The van der Waals surface area contributed by atoms with Crippen molar-refractivity contribution < 1.29 is 4.79 Å². The van der Waals surface area contributed by atoms with E-state index in [0.29, 0.717) is 0 Å². The standard InChI is InChI=1S/C18H16N4OS2/c1-11(16(23)13-10-19-14-7-4-3-6-12(13)14)25-18-21-20-17(22(18)2)15-8-5-9-24-15/h3-11,19H,1-2H3. The maximum atomic E-state index is 12.9. The topological polar surface area (TPSA) is 63.6 Å². The number of nitrogens with one attached hydrogen (secondary N) is 1. The molecule has 0 radical (unpaired) electrons. The summed E-state index contributed by atoms with van der Waals surface area (Å²) in [6, 6.07) is 11.8. The molecule has 1 N–H and O–H groups in total. The Labute approximate surface area is 153 Å². The molecule has 5 nitrogen and oxygen atoms in total. The lowest BCUT2D eigenvalue weighted by molar-refractivity contribution is 0.0995. The average Bonchev–Trinajstić information content (AvgIpc) is 3.35. The molecule has 1 unspecified atom stereocenters. The molecule has 4 rings (SSSR count). The monoisotopic (exact) mass is 368 g/mol. The number of thiophene rings is 1. The van der Waals surface area contributed by atoms with Gasteiger partial charge in [-0.25, -0.2) is 0 Å². The number of ketones is 1. The fourth-order valence-electron chi connectivity index (χ4n) is 2.74. The summed E-state index contributed by atoms with van der Waals surface area (Å²) in [6.07, 6.45) is 1.79. The molecule has 0 saturated heterocycles. The third-order valence-corrected chi connectivity index (χ3v) is 6.08. The summed E-state index contributed by atoms with van der Waals surface area (Å²) in [5, 5.41) is 12.0. The van der Waals surface area contributed by atoms with Gasteiger partial charge in [0.1, 0.15) is 0 Å². The molecule has 3 aromatic heterocycles. The van der Waals surface area contributed by atoms with E-state index in [4.69, 9.17) is 0 Å². The van der Waals surface area contributed by atoms with Gasteiger partial charge in [0.05, 0.1) is 10.1 Å². The first-order valence-electron chi connectivity index (χ1n) is 7.85. The maximum absolute atomic E-state index is 12.9. The summed E-state index contributed by atoms with van der Waals surface area (Å²) in [6.45, 7) is 1.91. The van der Waals surface area contributed by atoms with Gasteiger partial charge >= 0.3 is 0 Å². The Morgan fingerprint density at radius 1 is 1.24 bits per heavy atom. The zero-order chi connectivity index (χ0) is 17.4. The van der Waals surface area contributed by atoms with Crippen LogP contribution >= 0.6 is 23.1 Å². The Morgan fingerprint density at radius 3 is 2.88 bits per heavy atom. The van der Waals surface area contributed by atoms with Gasteiger partial charge in [0, 0.05) is 29.7 Å². The van der Waals surface area contributed by atoms with Crippen molar-refractivity contribution in [3.05, 3.63) is 53.5 Å². The van der Waals surface area contributed by atoms with Crippen molar-refractivity contribution in [1.82, 2.24) is 19.7 Å². The minimum atomic E-state index is -0.252. The highest BCUT2D eigenvalue weighted by Crippen LogP contribution is 2.30. The van der Waals surface area contributed by atoms with Crippen LogP contribution in [0.25, 0.3) is 21.6 Å². The van der Waals surface area contributed by atoms with Gasteiger partial charge in [-0.3, -0.25) is 4.79 Å². The van der Waals surface area contributed by atoms with E-state index in [-0.39, 0.29) is 11.0 Å². The number of carbonyl (C=O) groups is 1. The second-order valence-electron chi connectivity index (χ2n) is 5.71. The Balaban J connectivity index is 1.58. The van der Waals surface area contributed by atoms with Crippen molar-refractivity contribution in [2.24, 2.45) is 7.05 Å². The minimum absolute atomic E-state index is 0.0862. The molecule has 1 atom stereocenters. The quantitative estimate of drug-likeness (QED) is 0.419. The Morgan fingerprint density at radius 2 is 2.08 bits per heavy atom. The van der Waals surface area contributed by atoms with Crippen LogP contribution in [-0.2, 0) is 7.05 Å². The number of hydrogen-bond donors (Lipinski definition) is 1. The van der Waals surface area contributed by atoms with E-state index in [1.807, 2.05) is 60.3 Å². The summed E-state index contributed by atoms with van der Waals surface area (Å²) in [5.41, 5.74) is 1.69. The van der Waals surface area contributed by atoms with E-state index >= 15 is 0 Å². The molecule has 0 bridgehead atoms. The molecule has 0 aliphatic carbocycles. The van der Waals surface area contributed by atoms with Crippen molar-refractivity contribution in [3.8, 4) is 10.7 Å². The predicted molar refractivity (Wildman–Crippen MR) is 102 cm³/mol. The van der Waals surface area contributed by atoms with E-state index in [1.165, 1.54) is 11.8 Å². The van der Waals surface area contributed by atoms with E-state index in [0.717, 1.165) is 32.3 Å². The number of para-hydroxylation sites is 1. The fourth-order valence-corrected chi connectivity index (χ4v) is 4.37. The summed E-state index contributed by atoms with van der Waals surface area (Å²) >= 11 is 3.06. The second kappa shape index (κ2) is 6.50. The molecule has 0 aliphatic rings. The van der Waals surface area contributed by atoms with Crippen LogP contribution in [0.3, 0.4) is 0 Å². The SMILES string of the molecule is CC(Sc1nnc(-c2cccs2)n1C)C(=O)c1c[nH]c2ccccc12. The Hall–Kier alpha value is -2.38. The molecular formula is C18H16N4OS2. The van der Waals surface area contributed by atoms with Gasteiger partial charge in [0.25, 0.3) is 0 Å². The molecule has 0 saturated carbocycles. The first-order chi connectivity index (χ1) is 12.1. The molecule has 4 aromatic rings. The third-order valence-electron chi connectivity index (χ3n) is 4.08. The number of rotatable bonds is 5. The second-order valence-corrected chi connectivity index (χ2v) is 7.97. The lowest BCUT2D eigenvalue weighted by Crippen LogP contribution is -2.14. The van der Waals surface area contributed by atoms with Crippen LogP contribution in [0.1, 0.15) is 17.3 Å². The van der Waals surface area contributed by atoms with Crippen LogP contribution in [0.4, 0.5) is 0 Å². The number of hydrogen-bond acceptors (Lipinski definition) is 5. The van der Waals surface area contributed by atoms with Crippen LogP contribution in [0.5, 0.6) is 0 Å². The molecule has 0 aliphatic heterocycles.